The topological polar surface area (TPSA) is 59.8 Å². The Kier molecular flexibility index (Phi) is 3.11. The molecule has 0 radical (unpaired) electrons. The highest BCUT2D eigenvalue weighted by molar-refractivity contribution is 5.99. The van der Waals surface area contributed by atoms with Gasteiger partial charge < -0.3 is 5.32 Å². The number of hydrogen-bond acceptors (Lipinski definition) is 4. The fourth-order valence-electron chi connectivity index (χ4n) is 3.57. The van der Waals surface area contributed by atoms with Gasteiger partial charge in [-0.15, -0.1) is 0 Å². The van der Waals surface area contributed by atoms with Crippen LogP contribution in [0.2, 0.25) is 0 Å². The lowest BCUT2D eigenvalue weighted by Gasteiger charge is -2.34. The predicted octanol–water partition coefficient (Wildman–Crippen LogP) is 3.16. The second-order valence-electron chi connectivity index (χ2n) is 6.69. The van der Waals surface area contributed by atoms with Gasteiger partial charge in [-0.25, -0.2) is 4.68 Å². The van der Waals surface area contributed by atoms with Gasteiger partial charge in [0, 0.05) is 17.7 Å². The van der Waals surface area contributed by atoms with Crippen molar-refractivity contribution in [2.45, 2.75) is 39.7 Å². The summed E-state index contributed by atoms with van der Waals surface area (Å²) in [6, 6.07) is 8.15. The van der Waals surface area contributed by atoms with Crippen LogP contribution in [0.15, 0.2) is 35.5 Å². The molecule has 23 heavy (non-hydrogen) atoms. The number of carbonyl (C=O) groups excluding carboxylic acids is 1. The molecule has 0 bridgehead atoms. The smallest absolute Gasteiger partial charge is 0.226 e. The Morgan fingerprint density at radius 3 is 2.65 bits per heavy atom. The van der Waals surface area contributed by atoms with Crippen LogP contribution < -0.4 is 5.32 Å². The van der Waals surface area contributed by atoms with E-state index in [-0.39, 0.29) is 11.8 Å². The van der Waals surface area contributed by atoms with Gasteiger partial charge in [-0.3, -0.25) is 4.79 Å². The number of nitrogens with one attached hydrogen (secondary N) is 1. The Balaban J connectivity index is 1.91. The average molecular weight is 308 g/mol. The standard InChI is InChI=1S/C18H20N4O/c1-10-4-6-13(7-5-10)17-16-14(8-11(2)9-15(16)23)20-18-19-12(3)21-22(17)18/h4-7,11,17H,8-9H2,1-3H3,(H,19,20,21). The minimum Gasteiger partial charge on any atom is -0.328 e. The van der Waals surface area contributed by atoms with E-state index in [1.54, 1.807) is 0 Å². The summed E-state index contributed by atoms with van der Waals surface area (Å²) in [5, 5.41) is 7.87. The minimum atomic E-state index is -0.178. The van der Waals surface area contributed by atoms with E-state index in [2.05, 4.69) is 53.5 Å². The number of aromatic nitrogens is 3. The van der Waals surface area contributed by atoms with Gasteiger partial charge in [0.15, 0.2) is 5.78 Å². The fraction of sp³-hybridized carbons (Fsp3) is 0.389. The molecular weight excluding hydrogens is 288 g/mol. The van der Waals surface area contributed by atoms with Crippen LogP contribution in [-0.4, -0.2) is 20.5 Å². The highest BCUT2D eigenvalue weighted by atomic mass is 16.1. The first-order valence-electron chi connectivity index (χ1n) is 8.06. The van der Waals surface area contributed by atoms with Gasteiger partial charge in [-0.2, -0.15) is 10.1 Å². The highest BCUT2D eigenvalue weighted by Gasteiger charge is 2.38. The molecular formula is C18H20N4O. The Morgan fingerprint density at radius 2 is 1.91 bits per heavy atom. The number of aryl methyl sites for hydroxylation is 2. The first kappa shape index (κ1) is 14.2. The third-order valence-corrected chi connectivity index (χ3v) is 4.62. The van der Waals surface area contributed by atoms with Crippen molar-refractivity contribution in [3.8, 4) is 0 Å². The lowest BCUT2D eigenvalue weighted by atomic mass is 9.81. The molecule has 0 spiro atoms. The van der Waals surface area contributed by atoms with Gasteiger partial charge in [-0.05, 0) is 31.7 Å². The van der Waals surface area contributed by atoms with Crippen LogP contribution in [0.5, 0.6) is 0 Å². The van der Waals surface area contributed by atoms with Gasteiger partial charge >= 0.3 is 0 Å². The Morgan fingerprint density at radius 1 is 1.17 bits per heavy atom. The van der Waals surface area contributed by atoms with Crippen LogP contribution in [0.25, 0.3) is 0 Å². The zero-order valence-electron chi connectivity index (χ0n) is 13.6. The lowest BCUT2D eigenvalue weighted by Crippen LogP contribution is -2.33. The summed E-state index contributed by atoms with van der Waals surface area (Å²) in [4.78, 5) is 17.2. The molecule has 2 atom stereocenters. The third-order valence-electron chi connectivity index (χ3n) is 4.62. The van der Waals surface area contributed by atoms with Crippen LogP contribution in [0.4, 0.5) is 5.95 Å². The molecule has 2 aliphatic rings. The van der Waals surface area contributed by atoms with Gasteiger partial charge in [0.05, 0.1) is 0 Å². The van der Waals surface area contributed by atoms with Crippen LogP contribution in [0.1, 0.15) is 42.8 Å². The van der Waals surface area contributed by atoms with Crippen molar-refractivity contribution in [1.29, 1.82) is 0 Å². The van der Waals surface area contributed by atoms with E-state index in [9.17, 15) is 4.79 Å². The molecule has 1 aliphatic heterocycles. The van der Waals surface area contributed by atoms with E-state index in [1.165, 1.54) is 5.56 Å². The molecule has 0 saturated carbocycles. The van der Waals surface area contributed by atoms with Crippen LogP contribution in [0.3, 0.4) is 0 Å². The molecule has 1 N–H and O–H groups in total. The molecule has 5 heteroatoms. The number of rotatable bonds is 1. The number of Topliss-reactive ketones (excluding diaryl/α,β-unsaturated/α-hetero) is 1. The molecule has 0 amide bonds. The van der Waals surface area contributed by atoms with Crippen molar-refractivity contribution < 1.29 is 4.79 Å². The van der Waals surface area contributed by atoms with E-state index in [0.29, 0.717) is 18.2 Å². The minimum absolute atomic E-state index is 0.178. The predicted molar refractivity (Wildman–Crippen MR) is 88.1 cm³/mol. The molecule has 5 nitrogen and oxygen atoms in total. The Hall–Kier alpha value is -2.43. The molecule has 4 rings (SSSR count). The second kappa shape index (κ2) is 5.05. The highest BCUT2D eigenvalue weighted by Crippen LogP contribution is 2.41. The summed E-state index contributed by atoms with van der Waals surface area (Å²) in [6.07, 6.45) is 1.49. The molecule has 0 fully saturated rings. The Labute approximate surface area is 135 Å². The van der Waals surface area contributed by atoms with Crippen LogP contribution in [0, 0.1) is 19.8 Å². The van der Waals surface area contributed by atoms with Crippen LogP contribution in [-0.2, 0) is 4.79 Å². The van der Waals surface area contributed by atoms with E-state index in [0.717, 1.165) is 29.2 Å². The number of carbonyl (C=O) groups is 1. The summed E-state index contributed by atoms with van der Waals surface area (Å²) < 4.78 is 1.85. The van der Waals surface area contributed by atoms with Crippen molar-refractivity contribution >= 4 is 11.7 Å². The fourth-order valence-corrected chi connectivity index (χ4v) is 3.57. The van der Waals surface area contributed by atoms with E-state index >= 15 is 0 Å². The normalized spacial score (nSPS) is 23.3. The van der Waals surface area contributed by atoms with Crippen molar-refractivity contribution in [1.82, 2.24) is 14.8 Å². The maximum absolute atomic E-state index is 12.7. The largest absolute Gasteiger partial charge is 0.328 e. The lowest BCUT2D eigenvalue weighted by molar-refractivity contribution is -0.117. The molecule has 2 aromatic rings. The zero-order chi connectivity index (χ0) is 16.1. The maximum Gasteiger partial charge on any atom is 0.226 e. The molecule has 0 saturated heterocycles. The number of fused-ring (bicyclic) bond motifs is 1. The summed E-state index contributed by atoms with van der Waals surface area (Å²) in [5.41, 5.74) is 4.15. The summed E-state index contributed by atoms with van der Waals surface area (Å²) in [7, 11) is 0. The molecule has 2 heterocycles. The number of anilines is 1. The quantitative estimate of drug-likeness (QED) is 0.879. The monoisotopic (exact) mass is 308 g/mol. The third kappa shape index (κ3) is 2.27. The van der Waals surface area contributed by atoms with E-state index < -0.39 is 0 Å². The van der Waals surface area contributed by atoms with Crippen molar-refractivity contribution in [2.75, 3.05) is 5.32 Å². The number of benzene rings is 1. The molecule has 2 unspecified atom stereocenters. The number of hydrogen-bond donors (Lipinski definition) is 1. The summed E-state index contributed by atoms with van der Waals surface area (Å²) in [6.45, 7) is 6.06. The molecule has 1 aromatic heterocycles. The average Bonchev–Trinajstić information content (AvgIpc) is 2.85. The van der Waals surface area contributed by atoms with Crippen LogP contribution >= 0.6 is 0 Å². The Bertz CT molecular complexity index is 816. The second-order valence-corrected chi connectivity index (χ2v) is 6.69. The number of allylic oxidation sites excluding steroid dienone is 2. The van der Waals surface area contributed by atoms with E-state index in [4.69, 9.17) is 0 Å². The summed E-state index contributed by atoms with van der Waals surface area (Å²) >= 11 is 0. The van der Waals surface area contributed by atoms with Gasteiger partial charge in [0.2, 0.25) is 5.95 Å². The maximum atomic E-state index is 12.7. The van der Waals surface area contributed by atoms with Crippen molar-refractivity contribution in [2.24, 2.45) is 5.92 Å². The first-order valence-corrected chi connectivity index (χ1v) is 8.06. The van der Waals surface area contributed by atoms with Gasteiger partial charge in [-0.1, -0.05) is 36.8 Å². The van der Waals surface area contributed by atoms with Gasteiger partial charge in [0.1, 0.15) is 11.9 Å². The van der Waals surface area contributed by atoms with Crippen molar-refractivity contribution in [3.05, 3.63) is 52.5 Å². The van der Waals surface area contributed by atoms with E-state index in [1.807, 2.05) is 11.6 Å². The SMILES string of the molecule is Cc1ccc(C2C3=C(CC(C)CC3=O)Nc3nc(C)nn32)cc1. The molecule has 1 aromatic carbocycles. The zero-order valence-corrected chi connectivity index (χ0v) is 13.6. The van der Waals surface area contributed by atoms with Gasteiger partial charge in [0.25, 0.3) is 0 Å². The summed E-state index contributed by atoms with van der Waals surface area (Å²) in [5.74, 6) is 2.03. The van der Waals surface area contributed by atoms with Crippen molar-refractivity contribution in [3.63, 3.8) is 0 Å². The molecule has 1 aliphatic carbocycles. The molecule has 118 valence electrons. The first-order chi connectivity index (χ1) is 11.0. The number of nitrogens with zero attached hydrogens (tertiary/aromatic N) is 3. The number of ketones is 1.